The smallest absolute Gasteiger partial charge is 0.132 e. The van der Waals surface area contributed by atoms with E-state index in [9.17, 15) is 4.39 Å². The minimum Gasteiger partial charge on any atom is -0.496 e. The number of methoxy groups -OCH3 is 1. The zero-order chi connectivity index (χ0) is 15.2. The molecule has 0 saturated heterocycles. The van der Waals surface area contributed by atoms with Crippen LogP contribution in [-0.4, -0.2) is 13.7 Å². The molecule has 4 heteroatoms. The zero-order valence-corrected chi connectivity index (χ0v) is 12.3. The van der Waals surface area contributed by atoms with E-state index in [1.807, 2.05) is 31.2 Å². The van der Waals surface area contributed by atoms with Crippen molar-refractivity contribution in [3.63, 3.8) is 0 Å². The van der Waals surface area contributed by atoms with E-state index in [4.69, 9.17) is 15.2 Å². The Morgan fingerprint density at radius 1 is 1.10 bits per heavy atom. The molecular formula is C17H20FNO2. The molecule has 21 heavy (non-hydrogen) atoms. The summed E-state index contributed by atoms with van der Waals surface area (Å²) in [6, 6.07) is 11.5. The van der Waals surface area contributed by atoms with E-state index in [2.05, 4.69) is 0 Å². The molecule has 1 unspecified atom stereocenters. The number of benzene rings is 2. The van der Waals surface area contributed by atoms with Gasteiger partial charge in [-0.3, -0.25) is 0 Å². The number of halogens is 1. The minimum absolute atomic E-state index is 0.340. The van der Waals surface area contributed by atoms with Gasteiger partial charge in [0.05, 0.1) is 25.3 Å². The summed E-state index contributed by atoms with van der Waals surface area (Å²) in [5.74, 6) is 0.733. The molecule has 0 aliphatic rings. The lowest BCUT2D eigenvalue weighted by atomic mass is 9.97. The number of nitrogens with two attached hydrogens (primary N) is 1. The SMILES string of the molecule is CCCOc1ccccc1C(N)c1c(F)cccc1OC. The highest BCUT2D eigenvalue weighted by Crippen LogP contribution is 2.34. The summed E-state index contributed by atoms with van der Waals surface area (Å²) in [5.41, 5.74) is 7.35. The fourth-order valence-corrected chi connectivity index (χ4v) is 2.23. The van der Waals surface area contributed by atoms with Gasteiger partial charge in [-0.15, -0.1) is 0 Å². The number of hydrogen-bond acceptors (Lipinski definition) is 3. The number of ether oxygens (including phenoxy) is 2. The van der Waals surface area contributed by atoms with Crippen molar-refractivity contribution < 1.29 is 13.9 Å². The first-order chi connectivity index (χ1) is 10.2. The van der Waals surface area contributed by atoms with Crippen LogP contribution in [0.2, 0.25) is 0 Å². The molecule has 2 N–H and O–H groups in total. The molecule has 0 aromatic heterocycles. The largest absolute Gasteiger partial charge is 0.496 e. The molecule has 0 heterocycles. The lowest BCUT2D eigenvalue weighted by Gasteiger charge is -2.19. The fraction of sp³-hybridized carbons (Fsp3) is 0.294. The average Bonchev–Trinajstić information content (AvgIpc) is 2.52. The van der Waals surface area contributed by atoms with Gasteiger partial charge in [0.15, 0.2) is 0 Å². The van der Waals surface area contributed by atoms with Gasteiger partial charge in [-0.1, -0.05) is 31.2 Å². The van der Waals surface area contributed by atoms with Crippen molar-refractivity contribution in [2.24, 2.45) is 5.73 Å². The molecule has 0 saturated carbocycles. The van der Waals surface area contributed by atoms with Gasteiger partial charge in [0.1, 0.15) is 17.3 Å². The summed E-state index contributed by atoms with van der Waals surface area (Å²) < 4.78 is 25.1. The van der Waals surface area contributed by atoms with Crippen LogP contribution in [-0.2, 0) is 0 Å². The van der Waals surface area contributed by atoms with E-state index < -0.39 is 6.04 Å². The Kier molecular flexibility index (Phi) is 5.17. The standard InChI is InChI=1S/C17H20FNO2/c1-3-11-21-14-9-5-4-7-12(14)17(19)16-13(18)8-6-10-15(16)20-2/h4-10,17H,3,11,19H2,1-2H3. The highest BCUT2D eigenvalue weighted by molar-refractivity contribution is 5.46. The molecule has 0 spiro atoms. The summed E-state index contributed by atoms with van der Waals surface area (Å²) in [4.78, 5) is 0. The van der Waals surface area contributed by atoms with Crippen molar-refractivity contribution in [3.8, 4) is 11.5 Å². The van der Waals surface area contributed by atoms with Crippen LogP contribution in [0.5, 0.6) is 11.5 Å². The summed E-state index contributed by atoms with van der Waals surface area (Å²) in [6.07, 6.45) is 0.895. The second-order valence-electron chi connectivity index (χ2n) is 4.72. The predicted molar refractivity (Wildman–Crippen MR) is 81.2 cm³/mol. The normalized spacial score (nSPS) is 12.0. The van der Waals surface area contributed by atoms with Crippen LogP contribution in [0, 0.1) is 5.82 Å². The Balaban J connectivity index is 2.43. The van der Waals surface area contributed by atoms with Crippen molar-refractivity contribution in [3.05, 3.63) is 59.4 Å². The van der Waals surface area contributed by atoms with Crippen LogP contribution in [0.4, 0.5) is 4.39 Å². The molecule has 0 radical (unpaired) electrons. The van der Waals surface area contributed by atoms with Crippen LogP contribution in [0.15, 0.2) is 42.5 Å². The lowest BCUT2D eigenvalue weighted by molar-refractivity contribution is 0.312. The maximum atomic E-state index is 14.2. The van der Waals surface area contributed by atoms with Crippen molar-refractivity contribution in [2.45, 2.75) is 19.4 Å². The molecular weight excluding hydrogens is 269 g/mol. The quantitative estimate of drug-likeness (QED) is 0.882. The molecule has 0 bridgehead atoms. The van der Waals surface area contributed by atoms with E-state index in [1.54, 1.807) is 12.1 Å². The van der Waals surface area contributed by atoms with Gasteiger partial charge in [0.2, 0.25) is 0 Å². The monoisotopic (exact) mass is 289 g/mol. The zero-order valence-electron chi connectivity index (χ0n) is 12.3. The molecule has 2 rings (SSSR count). The van der Waals surface area contributed by atoms with E-state index in [0.29, 0.717) is 23.7 Å². The molecule has 0 aliphatic heterocycles. The first kappa shape index (κ1) is 15.3. The Bertz CT molecular complexity index is 601. The molecule has 0 amide bonds. The van der Waals surface area contributed by atoms with Crippen molar-refractivity contribution >= 4 is 0 Å². The van der Waals surface area contributed by atoms with Crippen LogP contribution < -0.4 is 15.2 Å². The first-order valence-electron chi connectivity index (χ1n) is 6.98. The van der Waals surface area contributed by atoms with Gasteiger partial charge < -0.3 is 15.2 Å². The number of para-hydroxylation sites is 1. The average molecular weight is 289 g/mol. The van der Waals surface area contributed by atoms with Crippen molar-refractivity contribution in [1.29, 1.82) is 0 Å². The Morgan fingerprint density at radius 3 is 2.52 bits per heavy atom. The van der Waals surface area contributed by atoms with Crippen LogP contribution in [0.25, 0.3) is 0 Å². The number of hydrogen-bond donors (Lipinski definition) is 1. The Hall–Kier alpha value is -2.07. The molecule has 112 valence electrons. The summed E-state index contributed by atoms with van der Waals surface area (Å²) in [7, 11) is 1.50. The topological polar surface area (TPSA) is 44.5 Å². The van der Waals surface area contributed by atoms with Crippen molar-refractivity contribution in [1.82, 2.24) is 0 Å². The third-order valence-electron chi connectivity index (χ3n) is 3.26. The Morgan fingerprint density at radius 2 is 1.81 bits per heavy atom. The van der Waals surface area contributed by atoms with Gasteiger partial charge in [0, 0.05) is 5.56 Å². The Labute approximate surface area is 124 Å². The third-order valence-corrected chi connectivity index (χ3v) is 3.26. The summed E-state index contributed by atoms with van der Waals surface area (Å²) >= 11 is 0. The van der Waals surface area contributed by atoms with E-state index in [1.165, 1.54) is 13.2 Å². The van der Waals surface area contributed by atoms with E-state index in [-0.39, 0.29) is 5.82 Å². The number of rotatable bonds is 6. The van der Waals surface area contributed by atoms with Crippen LogP contribution in [0.3, 0.4) is 0 Å². The second-order valence-corrected chi connectivity index (χ2v) is 4.72. The van der Waals surface area contributed by atoms with Crippen LogP contribution >= 0.6 is 0 Å². The third kappa shape index (κ3) is 3.34. The first-order valence-corrected chi connectivity index (χ1v) is 6.98. The minimum atomic E-state index is -0.644. The predicted octanol–water partition coefficient (Wildman–Crippen LogP) is 3.67. The molecule has 0 fully saturated rings. The second kappa shape index (κ2) is 7.09. The molecule has 1 atom stereocenters. The highest BCUT2D eigenvalue weighted by Gasteiger charge is 2.21. The molecule has 2 aromatic rings. The maximum Gasteiger partial charge on any atom is 0.132 e. The molecule has 2 aromatic carbocycles. The van der Waals surface area contributed by atoms with Crippen LogP contribution in [0.1, 0.15) is 30.5 Å². The van der Waals surface area contributed by atoms with Gasteiger partial charge in [-0.05, 0) is 24.6 Å². The molecule has 3 nitrogen and oxygen atoms in total. The van der Waals surface area contributed by atoms with Gasteiger partial charge in [0.25, 0.3) is 0 Å². The van der Waals surface area contributed by atoms with Gasteiger partial charge >= 0.3 is 0 Å². The maximum absolute atomic E-state index is 14.2. The fourth-order valence-electron chi connectivity index (χ4n) is 2.23. The molecule has 0 aliphatic carbocycles. The van der Waals surface area contributed by atoms with Gasteiger partial charge in [-0.2, -0.15) is 0 Å². The van der Waals surface area contributed by atoms with E-state index in [0.717, 1.165) is 12.0 Å². The van der Waals surface area contributed by atoms with Crippen molar-refractivity contribution in [2.75, 3.05) is 13.7 Å². The van der Waals surface area contributed by atoms with Gasteiger partial charge in [-0.25, -0.2) is 4.39 Å². The van der Waals surface area contributed by atoms with E-state index >= 15 is 0 Å². The summed E-state index contributed by atoms with van der Waals surface area (Å²) in [5, 5.41) is 0. The summed E-state index contributed by atoms with van der Waals surface area (Å²) in [6.45, 7) is 2.63. The highest BCUT2D eigenvalue weighted by atomic mass is 19.1. The lowest BCUT2D eigenvalue weighted by Crippen LogP contribution is -2.16.